The highest BCUT2D eigenvalue weighted by molar-refractivity contribution is 7.80. The summed E-state index contributed by atoms with van der Waals surface area (Å²) in [5.41, 5.74) is 0.472. The van der Waals surface area contributed by atoms with E-state index in [0.29, 0.717) is 11.2 Å². The van der Waals surface area contributed by atoms with Crippen LogP contribution in [0.25, 0.3) is 0 Å². The van der Waals surface area contributed by atoms with Crippen molar-refractivity contribution in [2.45, 2.75) is 4.90 Å². The van der Waals surface area contributed by atoms with Crippen LogP contribution in [-0.4, -0.2) is 19.4 Å². The molecule has 1 aromatic rings. The molecule has 0 aliphatic carbocycles. The van der Waals surface area contributed by atoms with Crippen molar-refractivity contribution in [1.29, 1.82) is 5.26 Å². The maximum Gasteiger partial charge on any atom is 0.339 e. The first-order valence-electron chi connectivity index (χ1n) is 3.94. The molecule has 0 radical (unpaired) electrons. The van der Waals surface area contributed by atoms with Crippen molar-refractivity contribution in [3.63, 3.8) is 0 Å². The first-order valence-corrected chi connectivity index (χ1v) is 4.39. The van der Waals surface area contributed by atoms with Gasteiger partial charge < -0.3 is 4.74 Å². The first-order chi connectivity index (χ1) is 7.13. The Morgan fingerprint density at radius 2 is 2.27 bits per heavy atom. The molecule has 76 valence electrons. The zero-order valence-electron chi connectivity index (χ0n) is 7.85. The van der Waals surface area contributed by atoms with E-state index in [1.807, 2.05) is 6.07 Å². The van der Waals surface area contributed by atoms with E-state index in [9.17, 15) is 9.59 Å². The number of rotatable bonds is 2. The number of benzene rings is 1. The topological polar surface area (TPSA) is 67.2 Å². The van der Waals surface area contributed by atoms with Crippen LogP contribution >= 0.6 is 12.6 Å². The number of carbonyl (C=O) groups excluding carboxylic acids is 2. The molecule has 0 aromatic heterocycles. The predicted octanol–water partition coefficient (Wildman–Crippen LogP) is 1.45. The number of esters is 1. The molecule has 5 heteroatoms. The molecule has 0 N–H and O–H groups in total. The Kier molecular flexibility index (Phi) is 3.47. The molecule has 0 amide bonds. The number of nitriles is 1. The van der Waals surface area contributed by atoms with Gasteiger partial charge in [-0.2, -0.15) is 5.26 Å². The van der Waals surface area contributed by atoms with E-state index in [-0.39, 0.29) is 16.7 Å². The Labute approximate surface area is 91.9 Å². The molecular formula is C10H7NO3S. The van der Waals surface area contributed by atoms with Crippen LogP contribution in [0.1, 0.15) is 26.3 Å². The quantitative estimate of drug-likeness (QED) is 0.466. The molecule has 0 heterocycles. The molecule has 0 saturated heterocycles. The summed E-state index contributed by atoms with van der Waals surface area (Å²) in [5.74, 6) is -0.626. The molecule has 0 bridgehead atoms. The SMILES string of the molecule is COC(=O)c1cc(S)c(C=O)cc1C#N. The summed E-state index contributed by atoms with van der Waals surface area (Å²) in [6, 6.07) is 4.47. The number of nitrogens with zero attached hydrogens (tertiary/aromatic N) is 1. The summed E-state index contributed by atoms with van der Waals surface area (Å²) in [6.07, 6.45) is 0.574. The Balaban J connectivity index is 3.41. The Morgan fingerprint density at radius 3 is 2.73 bits per heavy atom. The highest BCUT2D eigenvalue weighted by atomic mass is 32.1. The summed E-state index contributed by atoms with van der Waals surface area (Å²) >= 11 is 4.02. The third-order valence-electron chi connectivity index (χ3n) is 1.82. The van der Waals surface area contributed by atoms with Gasteiger partial charge in [-0.3, -0.25) is 4.79 Å². The van der Waals surface area contributed by atoms with Gasteiger partial charge in [-0.05, 0) is 12.1 Å². The third-order valence-corrected chi connectivity index (χ3v) is 2.21. The van der Waals surface area contributed by atoms with E-state index in [0.717, 1.165) is 0 Å². The van der Waals surface area contributed by atoms with Gasteiger partial charge in [0.1, 0.15) is 6.07 Å². The Hall–Kier alpha value is -1.80. The second-order valence-electron chi connectivity index (χ2n) is 2.68. The van der Waals surface area contributed by atoms with Gasteiger partial charge >= 0.3 is 5.97 Å². The standard InChI is InChI=1S/C10H7NO3S/c1-14-10(13)8-3-9(15)7(5-12)2-6(8)4-11/h2-3,5,15H,1H3. The number of carbonyl (C=O) groups is 2. The van der Waals surface area contributed by atoms with Crippen LogP contribution in [0.4, 0.5) is 0 Å². The number of hydrogen-bond donors (Lipinski definition) is 1. The largest absolute Gasteiger partial charge is 0.465 e. The summed E-state index contributed by atoms with van der Waals surface area (Å²) in [5, 5.41) is 8.78. The lowest BCUT2D eigenvalue weighted by Gasteiger charge is -2.04. The summed E-state index contributed by atoms with van der Waals surface area (Å²) in [4.78, 5) is 22.2. The number of aldehydes is 1. The van der Waals surface area contributed by atoms with Crippen molar-refractivity contribution < 1.29 is 14.3 Å². The van der Waals surface area contributed by atoms with Gasteiger partial charge in [-0.1, -0.05) is 0 Å². The minimum Gasteiger partial charge on any atom is -0.465 e. The van der Waals surface area contributed by atoms with Crippen LogP contribution in [0.3, 0.4) is 0 Å². The smallest absolute Gasteiger partial charge is 0.339 e. The van der Waals surface area contributed by atoms with E-state index in [1.165, 1.54) is 19.2 Å². The molecule has 1 rings (SSSR count). The molecule has 4 nitrogen and oxygen atoms in total. The van der Waals surface area contributed by atoms with E-state index >= 15 is 0 Å². The predicted molar refractivity (Wildman–Crippen MR) is 55.1 cm³/mol. The first kappa shape index (κ1) is 11.3. The fourth-order valence-corrected chi connectivity index (χ4v) is 1.32. The Morgan fingerprint density at radius 1 is 1.60 bits per heavy atom. The van der Waals surface area contributed by atoms with Crippen molar-refractivity contribution in [2.75, 3.05) is 7.11 Å². The van der Waals surface area contributed by atoms with Gasteiger partial charge in [0.15, 0.2) is 6.29 Å². The lowest BCUT2D eigenvalue weighted by atomic mass is 10.1. The van der Waals surface area contributed by atoms with E-state index in [4.69, 9.17) is 5.26 Å². The average molecular weight is 221 g/mol. The molecule has 0 fully saturated rings. The minimum absolute atomic E-state index is 0.0988. The summed E-state index contributed by atoms with van der Waals surface area (Å²) in [6.45, 7) is 0. The normalized spacial score (nSPS) is 9.13. The van der Waals surface area contributed by atoms with Crippen molar-refractivity contribution in [3.8, 4) is 6.07 Å². The van der Waals surface area contributed by atoms with E-state index in [1.54, 1.807) is 0 Å². The average Bonchev–Trinajstić information content (AvgIpc) is 2.27. The highest BCUT2D eigenvalue weighted by Crippen LogP contribution is 2.19. The monoisotopic (exact) mass is 221 g/mol. The summed E-state index contributed by atoms with van der Waals surface area (Å²) in [7, 11) is 1.22. The van der Waals surface area contributed by atoms with Gasteiger partial charge in [0.2, 0.25) is 0 Å². The number of thiol groups is 1. The molecular weight excluding hydrogens is 214 g/mol. The van der Waals surface area contributed by atoms with Crippen LogP contribution < -0.4 is 0 Å². The van der Waals surface area contributed by atoms with Gasteiger partial charge in [-0.25, -0.2) is 4.79 Å². The fourth-order valence-electron chi connectivity index (χ4n) is 1.07. The zero-order chi connectivity index (χ0) is 11.4. The molecule has 0 spiro atoms. The van der Waals surface area contributed by atoms with Crippen LogP contribution in [0.5, 0.6) is 0 Å². The number of methoxy groups -OCH3 is 1. The lowest BCUT2D eigenvalue weighted by molar-refractivity contribution is 0.0600. The maximum atomic E-state index is 11.2. The van der Waals surface area contributed by atoms with Gasteiger partial charge in [-0.15, -0.1) is 12.6 Å². The van der Waals surface area contributed by atoms with Crippen molar-refractivity contribution in [1.82, 2.24) is 0 Å². The number of hydrogen-bond acceptors (Lipinski definition) is 5. The van der Waals surface area contributed by atoms with Crippen LogP contribution in [0, 0.1) is 11.3 Å². The number of ether oxygens (including phenoxy) is 1. The fraction of sp³-hybridized carbons (Fsp3) is 0.100. The molecule has 0 saturated carbocycles. The van der Waals surface area contributed by atoms with Gasteiger partial charge in [0.25, 0.3) is 0 Å². The summed E-state index contributed by atoms with van der Waals surface area (Å²) < 4.78 is 4.49. The minimum atomic E-state index is -0.626. The maximum absolute atomic E-state index is 11.2. The lowest BCUT2D eigenvalue weighted by Crippen LogP contribution is -2.05. The van der Waals surface area contributed by atoms with Crippen molar-refractivity contribution >= 4 is 24.9 Å². The van der Waals surface area contributed by atoms with Crippen LogP contribution in [0.15, 0.2) is 17.0 Å². The van der Waals surface area contributed by atoms with E-state index < -0.39 is 5.97 Å². The van der Waals surface area contributed by atoms with Crippen LogP contribution in [-0.2, 0) is 4.74 Å². The van der Waals surface area contributed by atoms with Crippen molar-refractivity contribution in [2.24, 2.45) is 0 Å². The molecule has 0 unspecified atom stereocenters. The van der Waals surface area contributed by atoms with Gasteiger partial charge in [0.05, 0.1) is 18.2 Å². The Bertz CT molecular complexity index is 462. The second kappa shape index (κ2) is 4.62. The molecule has 0 atom stereocenters. The molecule has 0 aliphatic heterocycles. The molecule has 0 aliphatic rings. The van der Waals surface area contributed by atoms with E-state index in [2.05, 4.69) is 17.4 Å². The van der Waals surface area contributed by atoms with Gasteiger partial charge in [0, 0.05) is 10.5 Å². The van der Waals surface area contributed by atoms with Crippen LogP contribution in [0.2, 0.25) is 0 Å². The van der Waals surface area contributed by atoms with Crippen molar-refractivity contribution in [3.05, 3.63) is 28.8 Å². The second-order valence-corrected chi connectivity index (χ2v) is 3.16. The molecule has 15 heavy (non-hydrogen) atoms. The third kappa shape index (κ3) is 2.17. The molecule has 1 aromatic carbocycles. The zero-order valence-corrected chi connectivity index (χ0v) is 8.75. The highest BCUT2D eigenvalue weighted by Gasteiger charge is 2.14.